The first-order chi connectivity index (χ1) is 15.0. The average molecular weight is 445 g/mol. The number of benzene rings is 1. The van der Waals surface area contributed by atoms with E-state index < -0.39 is 17.2 Å². The van der Waals surface area contributed by atoms with Crippen molar-refractivity contribution in [3.63, 3.8) is 0 Å². The summed E-state index contributed by atoms with van der Waals surface area (Å²) in [6.07, 6.45) is 5.67. The highest BCUT2D eigenvalue weighted by molar-refractivity contribution is 7.07. The second-order valence-corrected chi connectivity index (χ2v) is 9.53. The first kappa shape index (κ1) is 20.6. The molecule has 1 saturated carbocycles. The number of nitrogens with one attached hydrogen (secondary N) is 1. The molecule has 0 unspecified atom stereocenters. The minimum atomic E-state index is -0.689. The molecule has 5 rings (SSSR count). The van der Waals surface area contributed by atoms with Crippen molar-refractivity contribution in [2.45, 2.75) is 56.7 Å². The lowest BCUT2D eigenvalue weighted by atomic mass is 9.84. The van der Waals surface area contributed by atoms with Crippen LogP contribution >= 0.6 is 11.3 Å². The van der Waals surface area contributed by atoms with Gasteiger partial charge in [0.25, 0.3) is 0 Å². The van der Waals surface area contributed by atoms with Gasteiger partial charge in [-0.3, -0.25) is 20.1 Å². The van der Waals surface area contributed by atoms with Gasteiger partial charge in [-0.15, -0.1) is 0 Å². The van der Waals surface area contributed by atoms with E-state index >= 15 is 0 Å². The normalized spacial score (nSPS) is 23.2. The largest absolute Gasteiger partial charge is 0.328 e. The molecular formula is C23H26F2N4OS. The number of carbonyl (C=O) groups excluding carboxylic acids is 1. The Labute approximate surface area is 184 Å². The second kappa shape index (κ2) is 8.31. The summed E-state index contributed by atoms with van der Waals surface area (Å²) in [5.41, 5.74) is 0.841. The van der Waals surface area contributed by atoms with E-state index in [2.05, 4.69) is 27.0 Å². The number of likely N-dealkylation sites (tertiary alicyclic amines) is 1. The van der Waals surface area contributed by atoms with E-state index in [9.17, 15) is 13.6 Å². The Balaban J connectivity index is 1.47. The summed E-state index contributed by atoms with van der Waals surface area (Å²) >= 11 is 1.69. The number of aliphatic imine (C=N–C) groups is 1. The monoisotopic (exact) mass is 444 g/mol. The van der Waals surface area contributed by atoms with Gasteiger partial charge in [-0.25, -0.2) is 13.6 Å². The van der Waals surface area contributed by atoms with E-state index in [1.54, 1.807) is 16.2 Å². The van der Waals surface area contributed by atoms with Crippen LogP contribution in [0.1, 0.15) is 44.1 Å². The van der Waals surface area contributed by atoms with Gasteiger partial charge < -0.3 is 0 Å². The van der Waals surface area contributed by atoms with Gasteiger partial charge in [-0.05, 0) is 60.2 Å². The van der Waals surface area contributed by atoms with Crippen molar-refractivity contribution < 1.29 is 13.6 Å². The number of urea groups is 1. The molecule has 1 aliphatic carbocycles. The third-order valence-electron chi connectivity index (χ3n) is 6.71. The van der Waals surface area contributed by atoms with Gasteiger partial charge in [-0.2, -0.15) is 11.3 Å². The standard InChI is InChI=1S/C23H26F2N4OS/c24-17-11-18(25)13-20(12-17)29-22(30)27-21(26-19-3-1-2-4-19)23(29)6-8-28(9-7-23)14-16-5-10-31-15-16/h5,10-13,15,19H,1-4,6-9,14H2,(H,26,27,30). The number of thiophene rings is 1. The van der Waals surface area contributed by atoms with Crippen molar-refractivity contribution >= 4 is 28.9 Å². The maximum atomic E-state index is 14.0. The van der Waals surface area contributed by atoms with Crippen LogP contribution in [-0.2, 0) is 6.54 Å². The maximum absolute atomic E-state index is 14.0. The fourth-order valence-electron chi connectivity index (χ4n) is 5.16. The average Bonchev–Trinajstić information content (AvgIpc) is 3.46. The Morgan fingerprint density at radius 2 is 1.84 bits per heavy atom. The van der Waals surface area contributed by atoms with E-state index in [0.29, 0.717) is 18.7 Å². The van der Waals surface area contributed by atoms with E-state index in [-0.39, 0.29) is 17.8 Å². The molecule has 2 amide bonds. The Bertz CT molecular complexity index is 959. The molecule has 164 valence electrons. The zero-order chi connectivity index (χ0) is 21.4. The number of hydrogen-bond acceptors (Lipinski definition) is 4. The number of halogens is 2. The second-order valence-electron chi connectivity index (χ2n) is 8.75. The zero-order valence-electron chi connectivity index (χ0n) is 17.3. The molecular weight excluding hydrogens is 418 g/mol. The molecule has 31 heavy (non-hydrogen) atoms. The summed E-state index contributed by atoms with van der Waals surface area (Å²) in [4.78, 5) is 22.0. The minimum Gasteiger partial charge on any atom is -0.299 e. The Morgan fingerprint density at radius 3 is 2.48 bits per heavy atom. The first-order valence-corrected chi connectivity index (χ1v) is 11.9. The highest BCUT2D eigenvalue weighted by atomic mass is 32.1. The quantitative estimate of drug-likeness (QED) is 0.727. The number of amidine groups is 1. The summed E-state index contributed by atoms with van der Waals surface area (Å²) in [5, 5.41) is 7.19. The van der Waals surface area contributed by atoms with Gasteiger partial charge in [0.15, 0.2) is 0 Å². The predicted molar refractivity (Wildman–Crippen MR) is 119 cm³/mol. The third-order valence-corrected chi connectivity index (χ3v) is 7.44. The molecule has 2 aliphatic heterocycles. The molecule has 2 saturated heterocycles. The van der Waals surface area contributed by atoms with Gasteiger partial charge >= 0.3 is 6.03 Å². The summed E-state index contributed by atoms with van der Waals surface area (Å²) in [7, 11) is 0. The van der Waals surface area contributed by atoms with Gasteiger partial charge in [0.05, 0.1) is 11.7 Å². The van der Waals surface area contributed by atoms with Crippen LogP contribution in [0.5, 0.6) is 0 Å². The van der Waals surface area contributed by atoms with Crippen molar-refractivity contribution in [1.29, 1.82) is 0 Å². The lowest BCUT2D eigenvalue weighted by Crippen LogP contribution is -2.57. The van der Waals surface area contributed by atoms with Crippen LogP contribution in [0.2, 0.25) is 0 Å². The van der Waals surface area contributed by atoms with E-state index in [4.69, 9.17) is 4.99 Å². The molecule has 1 aromatic carbocycles. The molecule has 8 heteroatoms. The van der Waals surface area contributed by atoms with E-state index in [1.165, 1.54) is 17.7 Å². The molecule has 0 radical (unpaired) electrons. The van der Waals surface area contributed by atoms with Crippen LogP contribution in [0.15, 0.2) is 40.0 Å². The Kier molecular flexibility index (Phi) is 5.52. The Morgan fingerprint density at radius 1 is 1.13 bits per heavy atom. The SMILES string of the molecule is O=C1NC(=NC2CCCC2)C2(CCN(Cc3ccsc3)CC2)N1c1cc(F)cc(F)c1. The van der Waals surface area contributed by atoms with Crippen molar-refractivity contribution in [2.24, 2.45) is 4.99 Å². The van der Waals surface area contributed by atoms with Gasteiger partial charge in [-0.1, -0.05) is 12.8 Å². The molecule has 1 N–H and O–H groups in total. The van der Waals surface area contributed by atoms with Crippen LogP contribution in [0.4, 0.5) is 19.3 Å². The molecule has 0 bridgehead atoms. The van der Waals surface area contributed by atoms with Crippen LogP contribution in [0.25, 0.3) is 0 Å². The molecule has 5 nitrogen and oxygen atoms in total. The fourth-order valence-corrected chi connectivity index (χ4v) is 5.82. The number of piperidine rings is 1. The number of hydrogen-bond donors (Lipinski definition) is 1. The number of nitrogens with zero attached hydrogens (tertiary/aromatic N) is 3. The van der Waals surface area contributed by atoms with Crippen LogP contribution in [-0.4, -0.2) is 41.4 Å². The molecule has 1 spiro atoms. The maximum Gasteiger partial charge on any atom is 0.328 e. The van der Waals surface area contributed by atoms with Gasteiger partial charge in [0.2, 0.25) is 0 Å². The van der Waals surface area contributed by atoms with Crippen LogP contribution in [0, 0.1) is 11.6 Å². The number of amides is 2. The molecule has 0 atom stereocenters. The van der Waals surface area contributed by atoms with Gasteiger partial charge in [0.1, 0.15) is 23.0 Å². The first-order valence-electron chi connectivity index (χ1n) is 10.9. The summed E-state index contributed by atoms with van der Waals surface area (Å²) in [5.74, 6) is -0.702. The zero-order valence-corrected chi connectivity index (χ0v) is 18.1. The minimum absolute atomic E-state index is 0.209. The van der Waals surface area contributed by atoms with Crippen LogP contribution < -0.4 is 10.2 Å². The number of anilines is 1. The van der Waals surface area contributed by atoms with Gasteiger partial charge in [0, 0.05) is 25.7 Å². The van der Waals surface area contributed by atoms with Crippen molar-refractivity contribution in [1.82, 2.24) is 10.2 Å². The summed E-state index contributed by atoms with van der Waals surface area (Å²) in [6, 6.07) is 5.29. The van der Waals surface area contributed by atoms with Crippen molar-refractivity contribution in [3.8, 4) is 0 Å². The summed E-state index contributed by atoms with van der Waals surface area (Å²) < 4.78 is 28.1. The number of rotatable bonds is 4. The predicted octanol–water partition coefficient (Wildman–Crippen LogP) is 4.93. The topological polar surface area (TPSA) is 47.9 Å². The smallest absolute Gasteiger partial charge is 0.299 e. The third kappa shape index (κ3) is 3.99. The molecule has 2 aromatic rings. The van der Waals surface area contributed by atoms with E-state index in [0.717, 1.165) is 51.4 Å². The Hall–Kier alpha value is -2.32. The summed E-state index contributed by atoms with van der Waals surface area (Å²) in [6.45, 7) is 2.43. The van der Waals surface area contributed by atoms with E-state index in [1.807, 2.05) is 0 Å². The highest BCUT2D eigenvalue weighted by Crippen LogP contribution is 2.39. The molecule has 3 fully saturated rings. The fraction of sp³-hybridized carbons (Fsp3) is 0.478. The molecule has 1 aromatic heterocycles. The highest BCUT2D eigenvalue weighted by Gasteiger charge is 2.53. The van der Waals surface area contributed by atoms with Crippen molar-refractivity contribution in [2.75, 3.05) is 18.0 Å². The van der Waals surface area contributed by atoms with Crippen molar-refractivity contribution in [3.05, 3.63) is 52.2 Å². The number of carbonyl (C=O) groups is 1. The molecule has 3 aliphatic rings. The van der Waals surface area contributed by atoms with Crippen LogP contribution in [0.3, 0.4) is 0 Å². The lowest BCUT2D eigenvalue weighted by molar-refractivity contribution is 0.184. The lowest BCUT2D eigenvalue weighted by Gasteiger charge is -2.43. The molecule has 3 heterocycles.